The van der Waals surface area contributed by atoms with E-state index in [0.717, 1.165) is 28.1 Å². The molecule has 0 saturated carbocycles. The number of methoxy groups -OCH3 is 1. The molecule has 0 unspecified atom stereocenters. The maximum Gasteiger partial charge on any atom is 0.343 e. The molecule has 4 aromatic carbocycles. The van der Waals surface area contributed by atoms with Crippen molar-refractivity contribution in [3.8, 4) is 17.2 Å². The SMILES string of the molecule is CCOc1cc(/C=C2\SC(=O)N(Cc3cccc4ccccc34)C2=O)cc(I)c1OC(=O)c1ccc(OC)cc1. The molecule has 1 fully saturated rings. The van der Waals surface area contributed by atoms with Crippen molar-refractivity contribution in [2.24, 2.45) is 0 Å². The number of hydrogen-bond donors (Lipinski definition) is 0. The maximum absolute atomic E-state index is 13.3. The number of nitrogens with zero attached hydrogens (tertiary/aromatic N) is 1. The quantitative estimate of drug-likeness (QED) is 0.0846. The molecule has 202 valence electrons. The molecule has 1 heterocycles. The van der Waals surface area contributed by atoms with Gasteiger partial charge in [-0.05, 0) is 106 Å². The molecule has 0 aliphatic carbocycles. The summed E-state index contributed by atoms with van der Waals surface area (Å²) >= 11 is 2.96. The van der Waals surface area contributed by atoms with Crippen LogP contribution in [0.15, 0.2) is 83.8 Å². The maximum atomic E-state index is 13.3. The molecule has 0 atom stereocenters. The van der Waals surface area contributed by atoms with Crippen molar-refractivity contribution in [2.45, 2.75) is 13.5 Å². The van der Waals surface area contributed by atoms with E-state index in [1.54, 1.807) is 49.6 Å². The molecule has 0 N–H and O–H groups in total. The first-order valence-corrected chi connectivity index (χ1v) is 14.3. The van der Waals surface area contributed by atoms with Gasteiger partial charge in [0.05, 0.1) is 34.3 Å². The number of fused-ring (bicyclic) bond motifs is 1. The minimum Gasteiger partial charge on any atom is -0.497 e. The van der Waals surface area contributed by atoms with Gasteiger partial charge >= 0.3 is 5.97 Å². The Morgan fingerprint density at radius 3 is 2.50 bits per heavy atom. The van der Waals surface area contributed by atoms with Gasteiger partial charge in [0.25, 0.3) is 11.1 Å². The highest BCUT2D eigenvalue weighted by atomic mass is 127. The Bertz CT molecular complexity index is 1640. The van der Waals surface area contributed by atoms with Crippen molar-refractivity contribution < 1.29 is 28.6 Å². The molecule has 0 radical (unpaired) electrons. The van der Waals surface area contributed by atoms with Gasteiger partial charge in [0, 0.05) is 0 Å². The van der Waals surface area contributed by atoms with Crippen molar-refractivity contribution in [1.82, 2.24) is 4.90 Å². The van der Waals surface area contributed by atoms with Crippen molar-refractivity contribution in [3.05, 3.63) is 104 Å². The lowest BCUT2D eigenvalue weighted by molar-refractivity contribution is -0.123. The Morgan fingerprint density at radius 1 is 1.00 bits per heavy atom. The van der Waals surface area contributed by atoms with E-state index in [1.165, 1.54) is 4.90 Å². The smallest absolute Gasteiger partial charge is 0.343 e. The molecular formula is C31H24INO6S. The number of esters is 1. The van der Waals surface area contributed by atoms with E-state index >= 15 is 0 Å². The molecule has 1 saturated heterocycles. The third-order valence-electron chi connectivity index (χ3n) is 6.23. The second-order valence-electron chi connectivity index (χ2n) is 8.79. The van der Waals surface area contributed by atoms with E-state index in [4.69, 9.17) is 14.2 Å². The summed E-state index contributed by atoms with van der Waals surface area (Å²) < 4.78 is 17.2. The minimum atomic E-state index is -0.538. The molecule has 5 rings (SSSR count). The predicted octanol–water partition coefficient (Wildman–Crippen LogP) is 7.31. The molecule has 0 aromatic heterocycles. The Morgan fingerprint density at radius 2 is 1.75 bits per heavy atom. The van der Waals surface area contributed by atoms with E-state index < -0.39 is 5.97 Å². The van der Waals surface area contributed by atoms with Gasteiger partial charge in [-0.2, -0.15) is 0 Å². The number of ether oxygens (including phenoxy) is 3. The molecule has 1 aliphatic rings. The zero-order chi connectivity index (χ0) is 28.2. The van der Waals surface area contributed by atoms with E-state index in [2.05, 4.69) is 22.6 Å². The van der Waals surface area contributed by atoms with Crippen LogP contribution in [0.5, 0.6) is 17.2 Å². The average Bonchev–Trinajstić information content (AvgIpc) is 3.22. The number of amides is 2. The van der Waals surface area contributed by atoms with Crippen molar-refractivity contribution >= 4 is 68.3 Å². The molecular weight excluding hydrogens is 641 g/mol. The summed E-state index contributed by atoms with van der Waals surface area (Å²) in [4.78, 5) is 40.5. The number of carbonyl (C=O) groups is 3. The van der Waals surface area contributed by atoms with Gasteiger partial charge < -0.3 is 14.2 Å². The summed E-state index contributed by atoms with van der Waals surface area (Å²) in [5, 5.41) is 1.73. The second-order valence-corrected chi connectivity index (χ2v) is 10.9. The third kappa shape index (κ3) is 5.85. The molecule has 9 heteroatoms. The Kier molecular flexibility index (Phi) is 8.41. The topological polar surface area (TPSA) is 82.1 Å². The van der Waals surface area contributed by atoms with Gasteiger partial charge in [0.1, 0.15) is 5.75 Å². The number of hydrogen-bond acceptors (Lipinski definition) is 7. The van der Waals surface area contributed by atoms with Crippen LogP contribution in [0.4, 0.5) is 4.79 Å². The summed E-state index contributed by atoms with van der Waals surface area (Å²) in [7, 11) is 1.55. The summed E-state index contributed by atoms with van der Waals surface area (Å²) in [6, 6.07) is 23.8. The van der Waals surface area contributed by atoms with Gasteiger partial charge in [0.15, 0.2) is 11.5 Å². The van der Waals surface area contributed by atoms with Crippen LogP contribution in [-0.2, 0) is 11.3 Å². The minimum absolute atomic E-state index is 0.186. The molecule has 0 spiro atoms. The van der Waals surface area contributed by atoms with E-state index in [-0.39, 0.29) is 23.4 Å². The van der Waals surface area contributed by atoms with Gasteiger partial charge in [-0.25, -0.2) is 4.79 Å². The number of benzene rings is 4. The zero-order valence-electron chi connectivity index (χ0n) is 21.7. The summed E-state index contributed by atoms with van der Waals surface area (Å²) in [6.07, 6.45) is 1.66. The normalized spacial score (nSPS) is 14.2. The van der Waals surface area contributed by atoms with Gasteiger partial charge in [-0.1, -0.05) is 42.5 Å². The summed E-state index contributed by atoms with van der Waals surface area (Å²) in [6.45, 7) is 2.35. The number of halogens is 1. The second kappa shape index (κ2) is 12.1. The van der Waals surface area contributed by atoms with Crippen LogP contribution >= 0.6 is 34.4 Å². The van der Waals surface area contributed by atoms with E-state index in [1.807, 2.05) is 49.4 Å². The largest absolute Gasteiger partial charge is 0.497 e. The van der Waals surface area contributed by atoms with Crippen LogP contribution in [0.25, 0.3) is 16.8 Å². The van der Waals surface area contributed by atoms with Crippen LogP contribution < -0.4 is 14.2 Å². The van der Waals surface area contributed by atoms with Crippen LogP contribution in [0.1, 0.15) is 28.4 Å². The average molecular weight is 666 g/mol. The number of rotatable bonds is 8. The Labute approximate surface area is 249 Å². The van der Waals surface area contributed by atoms with Crippen molar-refractivity contribution in [1.29, 1.82) is 0 Å². The fourth-order valence-electron chi connectivity index (χ4n) is 4.30. The summed E-state index contributed by atoms with van der Waals surface area (Å²) in [5.41, 5.74) is 1.91. The van der Waals surface area contributed by atoms with Crippen LogP contribution in [0.3, 0.4) is 0 Å². The highest BCUT2D eigenvalue weighted by Crippen LogP contribution is 2.38. The van der Waals surface area contributed by atoms with Crippen LogP contribution in [0.2, 0.25) is 0 Å². The fraction of sp³-hybridized carbons (Fsp3) is 0.129. The first kappa shape index (κ1) is 27.7. The standard InChI is InChI=1S/C31H24INO6S/c1-3-38-26-16-19(15-25(32)28(26)39-30(35)21-11-13-23(37-2)14-12-21)17-27-29(34)33(31(36)40-27)18-22-9-6-8-20-7-4-5-10-24(20)22/h4-17H,3,18H2,1-2H3/b27-17-. The molecule has 0 bridgehead atoms. The molecule has 40 heavy (non-hydrogen) atoms. The highest BCUT2D eigenvalue weighted by Gasteiger charge is 2.35. The number of carbonyl (C=O) groups excluding carboxylic acids is 3. The first-order chi connectivity index (χ1) is 19.4. The predicted molar refractivity (Wildman–Crippen MR) is 164 cm³/mol. The monoisotopic (exact) mass is 665 g/mol. The van der Waals surface area contributed by atoms with Crippen molar-refractivity contribution in [2.75, 3.05) is 13.7 Å². The highest BCUT2D eigenvalue weighted by molar-refractivity contribution is 14.1. The Hall–Kier alpha value is -3.83. The van der Waals surface area contributed by atoms with E-state index in [9.17, 15) is 14.4 Å². The van der Waals surface area contributed by atoms with Crippen LogP contribution in [-0.4, -0.2) is 35.7 Å². The number of thioether (sulfide) groups is 1. The zero-order valence-corrected chi connectivity index (χ0v) is 24.7. The van der Waals surface area contributed by atoms with Crippen molar-refractivity contribution in [3.63, 3.8) is 0 Å². The molecule has 7 nitrogen and oxygen atoms in total. The molecule has 1 aliphatic heterocycles. The lowest BCUT2D eigenvalue weighted by Gasteiger charge is -2.15. The first-order valence-electron chi connectivity index (χ1n) is 12.4. The fourth-order valence-corrected chi connectivity index (χ4v) is 5.87. The Balaban J connectivity index is 1.39. The van der Waals surface area contributed by atoms with Gasteiger partial charge in [-0.3, -0.25) is 14.5 Å². The summed E-state index contributed by atoms with van der Waals surface area (Å²) in [5.74, 6) is 0.378. The molecule has 4 aromatic rings. The van der Waals surface area contributed by atoms with E-state index in [0.29, 0.717) is 37.7 Å². The van der Waals surface area contributed by atoms with Gasteiger partial charge in [0.2, 0.25) is 0 Å². The molecule has 2 amide bonds. The number of imide groups is 1. The third-order valence-corrected chi connectivity index (χ3v) is 7.94. The lowest BCUT2D eigenvalue weighted by atomic mass is 10.0. The van der Waals surface area contributed by atoms with Gasteiger partial charge in [-0.15, -0.1) is 0 Å². The van der Waals surface area contributed by atoms with Crippen LogP contribution in [0, 0.1) is 3.57 Å². The lowest BCUT2D eigenvalue weighted by Crippen LogP contribution is -2.27.